The predicted molar refractivity (Wildman–Crippen MR) is 61.7 cm³/mol. The Morgan fingerprint density at radius 2 is 1.75 bits per heavy atom. The van der Waals surface area contributed by atoms with Crippen LogP contribution in [0, 0.1) is 28.6 Å². The van der Waals surface area contributed by atoms with Crippen LogP contribution in [0.1, 0.15) is 42.0 Å². The van der Waals surface area contributed by atoms with Crippen LogP contribution in [0.15, 0.2) is 12.1 Å². The lowest BCUT2D eigenvalue weighted by atomic mass is 9.94. The lowest BCUT2D eigenvalue weighted by Crippen LogP contribution is -1.99. The molecule has 0 aromatic heterocycles. The van der Waals surface area contributed by atoms with Crippen LogP contribution in [0.2, 0.25) is 0 Å². The van der Waals surface area contributed by atoms with Crippen molar-refractivity contribution in [2.75, 3.05) is 0 Å². The number of fused-ring (bicyclic) bond motifs is 1. The third-order valence-electron chi connectivity index (χ3n) is 3.29. The lowest BCUT2D eigenvalue weighted by molar-refractivity contribution is 0.526. The van der Waals surface area contributed by atoms with Crippen LogP contribution in [-0.4, -0.2) is 0 Å². The monoisotopic (exact) mass is 210 g/mol. The van der Waals surface area contributed by atoms with E-state index in [0.717, 1.165) is 12.8 Å². The highest BCUT2D eigenvalue weighted by atomic mass is 14.3. The maximum Gasteiger partial charge on any atom is 0.101 e. The van der Waals surface area contributed by atoms with Gasteiger partial charge in [0.1, 0.15) is 12.1 Å². The van der Waals surface area contributed by atoms with Gasteiger partial charge in [0, 0.05) is 0 Å². The molecule has 0 amide bonds. The molecule has 16 heavy (non-hydrogen) atoms. The largest absolute Gasteiger partial charge is 0.192 e. The maximum atomic E-state index is 8.99. The fraction of sp³-hybridized carbons (Fsp3) is 0.429. The van der Waals surface area contributed by atoms with Gasteiger partial charge in [0.25, 0.3) is 0 Å². The van der Waals surface area contributed by atoms with E-state index in [1.165, 1.54) is 24.0 Å². The van der Waals surface area contributed by atoms with Crippen LogP contribution in [0.25, 0.3) is 0 Å². The summed E-state index contributed by atoms with van der Waals surface area (Å²) in [7, 11) is 0. The molecule has 0 fully saturated rings. The minimum atomic E-state index is 0.523. The number of benzene rings is 1. The minimum absolute atomic E-state index is 0.523. The van der Waals surface area contributed by atoms with Crippen LogP contribution in [0.5, 0.6) is 0 Å². The molecule has 2 heteroatoms. The molecule has 2 rings (SSSR count). The van der Waals surface area contributed by atoms with E-state index < -0.39 is 0 Å². The average Bonchev–Trinajstić information content (AvgIpc) is 2.47. The Morgan fingerprint density at radius 3 is 2.38 bits per heavy atom. The van der Waals surface area contributed by atoms with Crippen molar-refractivity contribution in [1.82, 2.24) is 0 Å². The first-order chi connectivity index (χ1) is 7.74. The van der Waals surface area contributed by atoms with Gasteiger partial charge in [-0.1, -0.05) is 13.3 Å². The molecule has 0 radical (unpaired) electrons. The molecule has 80 valence electrons. The number of hydrogen-bond acceptors (Lipinski definition) is 2. The van der Waals surface area contributed by atoms with Crippen LogP contribution >= 0.6 is 0 Å². The van der Waals surface area contributed by atoms with Crippen molar-refractivity contribution in [3.05, 3.63) is 34.4 Å². The standard InChI is InChI=1S/C14H14N2/c1-10-3-2-4-11-6-13(8-15)14(9-16)7-12(11)5-10/h6-7,10H,2-5H2,1H3. The lowest BCUT2D eigenvalue weighted by Gasteiger charge is -2.09. The summed E-state index contributed by atoms with van der Waals surface area (Å²) in [6.45, 7) is 2.25. The number of rotatable bonds is 0. The number of nitriles is 2. The molecule has 1 atom stereocenters. The van der Waals surface area contributed by atoms with E-state index in [-0.39, 0.29) is 0 Å². The SMILES string of the molecule is CC1CCCc2cc(C#N)c(C#N)cc2C1. The molecule has 2 nitrogen and oxygen atoms in total. The Hall–Kier alpha value is -1.80. The topological polar surface area (TPSA) is 47.6 Å². The molecule has 0 saturated carbocycles. The van der Waals surface area contributed by atoms with Crippen LogP contribution in [0.3, 0.4) is 0 Å². The molecule has 0 heterocycles. The summed E-state index contributed by atoms with van der Waals surface area (Å²) in [6, 6.07) is 8.04. The van der Waals surface area contributed by atoms with Crippen molar-refractivity contribution in [1.29, 1.82) is 10.5 Å². The van der Waals surface area contributed by atoms with Crippen molar-refractivity contribution < 1.29 is 0 Å². The number of nitrogens with zero attached hydrogens (tertiary/aromatic N) is 2. The van der Waals surface area contributed by atoms with E-state index in [1.54, 1.807) is 0 Å². The number of aryl methyl sites for hydroxylation is 1. The van der Waals surface area contributed by atoms with Gasteiger partial charge in [-0.2, -0.15) is 10.5 Å². The second-order valence-corrected chi connectivity index (χ2v) is 4.59. The highest BCUT2D eigenvalue weighted by molar-refractivity contribution is 5.50. The zero-order chi connectivity index (χ0) is 11.5. The van der Waals surface area contributed by atoms with Gasteiger partial charge < -0.3 is 0 Å². The second-order valence-electron chi connectivity index (χ2n) is 4.59. The van der Waals surface area contributed by atoms with E-state index in [9.17, 15) is 0 Å². The smallest absolute Gasteiger partial charge is 0.101 e. The average molecular weight is 210 g/mol. The molecular weight excluding hydrogens is 196 g/mol. The molecule has 0 bridgehead atoms. The third kappa shape index (κ3) is 1.92. The summed E-state index contributed by atoms with van der Waals surface area (Å²) in [5.41, 5.74) is 3.58. The molecular formula is C14H14N2. The first kappa shape index (κ1) is 10.7. The first-order valence-electron chi connectivity index (χ1n) is 5.70. The summed E-state index contributed by atoms with van der Waals surface area (Å²) in [5, 5.41) is 18.0. The number of hydrogen-bond donors (Lipinski definition) is 0. The summed E-state index contributed by atoms with van der Waals surface area (Å²) >= 11 is 0. The predicted octanol–water partition coefficient (Wildman–Crippen LogP) is 2.94. The van der Waals surface area contributed by atoms with Crippen molar-refractivity contribution in [2.24, 2.45) is 5.92 Å². The Labute approximate surface area is 96.1 Å². The van der Waals surface area contributed by atoms with Gasteiger partial charge in [-0.3, -0.25) is 0 Å². The Kier molecular flexibility index (Phi) is 2.93. The van der Waals surface area contributed by atoms with Crippen LogP contribution in [-0.2, 0) is 12.8 Å². The molecule has 1 aromatic rings. The van der Waals surface area contributed by atoms with Crippen molar-refractivity contribution in [3.8, 4) is 12.1 Å². The van der Waals surface area contributed by atoms with Crippen molar-refractivity contribution >= 4 is 0 Å². The molecule has 0 N–H and O–H groups in total. The fourth-order valence-electron chi connectivity index (χ4n) is 2.42. The minimum Gasteiger partial charge on any atom is -0.192 e. The van der Waals surface area contributed by atoms with E-state index in [0.29, 0.717) is 17.0 Å². The highest BCUT2D eigenvalue weighted by Crippen LogP contribution is 2.26. The maximum absolute atomic E-state index is 8.99. The summed E-state index contributed by atoms with van der Waals surface area (Å²) in [6.07, 6.45) is 4.50. The Balaban J connectivity index is 2.51. The fourth-order valence-corrected chi connectivity index (χ4v) is 2.42. The van der Waals surface area contributed by atoms with Gasteiger partial charge in [-0.25, -0.2) is 0 Å². The molecule has 0 aliphatic heterocycles. The van der Waals surface area contributed by atoms with Crippen LogP contribution < -0.4 is 0 Å². The molecule has 1 aliphatic rings. The highest BCUT2D eigenvalue weighted by Gasteiger charge is 2.15. The van der Waals surface area contributed by atoms with Gasteiger partial charge in [-0.05, 0) is 48.4 Å². The van der Waals surface area contributed by atoms with Crippen molar-refractivity contribution in [3.63, 3.8) is 0 Å². The summed E-state index contributed by atoms with van der Waals surface area (Å²) in [4.78, 5) is 0. The quantitative estimate of drug-likeness (QED) is 0.618. The zero-order valence-electron chi connectivity index (χ0n) is 9.45. The molecule has 0 spiro atoms. The molecule has 1 aromatic carbocycles. The molecule has 1 unspecified atom stereocenters. The van der Waals surface area contributed by atoms with E-state index in [2.05, 4.69) is 19.1 Å². The van der Waals surface area contributed by atoms with Gasteiger partial charge in [0.05, 0.1) is 11.1 Å². The van der Waals surface area contributed by atoms with Gasteiger partial charge in [-0.15, -0.1) is 0 Å². The van der Waals surface area contributed by atoms with Crippen molar-refractivity contribution in [2.45, 2.75) is 32.6 Å². The summed E-state index contributed by atoms with van der Waals surface area (Å²) < 4.78 is 0. The summed E-state index contributed by atoms with van der Waals surface area (Å²) in [5.74, 6) is 0.681. The Bertz CT molecular complexity index is 489. The van der Waals surface area contributed by atoms with Crippen LogP contribution in [0.4, 0.5) is 0 Å². The van der Waals surface area contributed by atoms with E-state index >= 15 is 0 Å². The second kappa shape index (κ2) is 4.37. The van der Waals surface area contributed by atoms with Gasteiger partial charge >= 0.3 is 0 Å². The van der Waals surface area contributed by atoms with Gasteiger partial charge in [0.15, 0.2) is 0 Å². The Morgan fingerprint density at radius 1 is 1.12 bits per heavy atom. The van der Waals surface area contributed by atoms with E-state index in [4.69, 9.17) is 10.5 Å². The first-order valence-corrected chi connectivity index (χ1v) is 5.70. The zero-order valence-corrected chi connectivity index (χ0v) is 9.45. The third-order valence-corrected chi connectivity index (χ3v) is 3.29. The normalized spacial score (nSPS) is 19.1. The van der Waals surface area contributed by atoms with E-state index in [1.807, 2.05) is 12.1 Å². The molecule has 1 aliphatic carbocycles. The van der Waals surface area contributed by atoms with Gasteiger partial charge in [0.2, 0.25) is 0 Å². The molecule has 0 saturated heterocycles.